The Balaban J connectivity index is 2.86. The summed E-state index contributed by atoms with van der Waals surface area (Å²) in [6.45, 7) is 3.74. The number of nitrogens with one attached hydrogen (secondary N) is 1. The summed E-state index contributed by atoms with van der Waals surface area (Å²) < 4.78 is 4.63. The van der Waals surface area contributed by atoms with Crippen LogP contribution in [0.15, 0.2) is 18.2 Å². The molecule has 1 rings (SSSR count). The fourth-order valence-electron chi connectivity index (χ4n) is 1.53. The van der Waals surface area contributed by atoms with Crippen molar-refractivity contribution < 1.29 is 19.4 Å². The summed E-state index contributed by atoms with van der Waals surface area (Å²) in [5.41, 5.74) is 2.31. The van der Waals surface area contributed by atoms with Crippen molar-refractivity contribution in [2.45, 2.75) is 20.1 Å². The first-order valence-corrected chi connectivity index (χ1v) is 5.09. The van der Waals surface area contributed by atoms with Crippen molar-refractivity contribution in [3.8, 4) is 0 Å². The van der Waals surface area contributed by atoms with E-state index in [1.165, 1.54) is 7.11 Å². The van der Waals surface area contributed by atoms with Crippen molar-refractivity contribution in [3.63, 3.8) is 0 Å². The number of hydrogen-bond acceptors (Lipinski definition) is 3. The van der Waals surface area contributed by atoms with Crippen LogP contribution in [0.2, 0.25) is 0 Å². The number of carboxylic acids is 1. The Hall–Kier alpha value is -1.88. The number of ether oxygens (including phenoxy) is 1. The highest BCUT2D eigenvalue weighted by Crippen LogP contribution is 2.09. The quantitative estimate of drug-likeness (QED) is 0.769. The van der Waals surface area contributed by atoms with Crippen molar-refractivity contribution in [1.29, 1.82) is 0 Å². The molecule has 0 radical (unpaired) electrons. The van der Waals surface area contributed by atoms with Gasteiger partial charge in [0.2, 0.25) is 6.23 Å². The number of hydrogen-bond donors (Lipinski definition) is 2. The topological polar surface area (TPSA) is 75.6 Å². The van der Waals surface area contributed by atoms with E-state index in [2.05, 4.69) is 10.1 Å². The van der Waals surface area contributed by atoms with Gasteiger partial charge in [0.05, 0.1) is 0 Å². The van der Waals surface area contributed by atoms with Gasteiger partial charge in [-0.05, 0) is 26.0 Å². The van der Waals surface area contributed by atoms with Gasteiger partial charge in [-0.2, -0.15) is 0 Å². The highest BCUT2D eigenvalue weighted by molar-refractivity contribution is 5.96. The van der Waals surface area contributed by atoms with Gasteiger partial charge in [0.1, 0.15) is 0 Å². The van der Waals surface area contributed by atoms with Crippen LogP contribution in [0.25, 0.3) is 0 Å². The molecular weight excluding hydrogens is 222 g/mol. The van der Waals surface area contributed by atoms with Crippen LogP contribution in [0.5, 0.6) is 0 Å². The van der Waals surface area contributed by atoms with Gasteiger partial charge >= 0.3 is 5.97 Å². The number of methoxy groups -OCH3 is 1. The van der Waals surface area contributed by atoms with Crippen molar-refractivity contribution in [2.24, 2.45) is 0 Å². The molecule has 0 aromatic heterocycles. The smallest absolute Gasteiger partial charge is 0.354 e. The summed E-state index contributed by atoms with van der Waals surface area (Å²) in [5.74, 6) is -1.70. The van der Waals surface area contributed by atoms with Crippen LogP contribution in [0.4, 0.5) is 0 Å². The Morgan fingerprint density at radius 2 is 1.76 bits per heavy atom. The van der Waals surface area contributed by atoms with E-state index >= 15 is 0 Å². The fraction of sp³-hybridized carbons (Fsp3) is 0.333. The predicted octanol–water partition coefficient (Wildman–Crippen LogP) is 1.09. The zero-order valence-corrected chi connectivity index (χ0v) is 9.98. The average molecular weight is 237 g/mol. The molecule has 2 N–H and O–H groups in total. The van der Waals surface area contributed by atoms with Gasteiger partial charge < -0.3 is 15.2 Å². The van der Waals surface area contributed by atoms with Gasteiger partial charge in [-0.3, -0.25) is 4.79 Å². The Labute approximate surface area is 99.4 Å². The number of aryl methyl sites for hydroxylation is 2. The first-order valence-electron chi connectivity index (χ1n) is 5.09. The molecule has 0 bridgehead atoms. The molecule has 1 aromatic carbocycles. The summed E-state index contributed by atoms with van der Waals surface area (Å²) in [6.07, 6.45) is -1.33. The van der Waals surface area contributed by atoms with Gasteiger partial charge in [-0.15, -0.1) is 0 Å². The molecule has 0 fully saturated rings. The number of amides is 1. The Morgan fingerprint density at radius 1 is 1.24 bits per heavy atom. The van der Waals surface area contributed by atoms with E-state index in [9.17, 15) is 9.59 Å². The maximum atomic E-state index is 11.8. The third-order valence-electron chi connectivity index (χ3n) is 2.21. The molecule has 0 saturated carbocycles. The lowest BCUT2D eigenvalue weighted by atomic mass is 10.1. The molecule has 92 valence electrons. The largest absolute Gasteiger partial charge is 0.478 e. The molecule has 0 aliphatic heterocycles. The molecule has 0 unspecified atom stereocenters. The van der Waals surface area contributed by atoms with Gasteiger partial charge in [0, 0.05) is 12.7 Å². The van der Waals surface area contributed by atoms with E-state index in [1.807, 2.05) is 19.9 Å². The molecular formula is C12H15NO4. The Kier molecular flexibility index (Phi) is 4.23. The number of aliphatic carboxylic acids is 1. The lowest BCUT2D eigenvalue weighted by Gasteiger charge is -2.13. The first-order chi connectivity index (χ1) is 7.93. The average Bonchev–Trinajstić information content (AvgIpc) is 2.23. The predicted molar refractivity (Wildman–Crippen MR) is 61.8 cm³/mol. The third-order valence-corrected chi connectivity index (χ3v) is 2.21. The highest BCUT2D eigenvalue weighted by Gasteiger charge is 2.19. The van der Waals surface area contributed by atoms with Gasteiger partial charge in [0.25, 0.3) is 5.91 Å². The Morgan fingerprint density at radius 3 is 2.18 bits per heavy atom. The summed E-state index contributed by atoms with van der Waals surface area (Å²) >= 11 is 0. The second-order valence-corrected chi connectivity index (χ2v) is 3.80. The maximum absolute atomic E-state index is 11.8. The number of carboxylic acid groups (broad SMARTS) is 1. The van der Waals surface area contributed by atoms with Gasteiger partial charge in [-0.1, -0.05) is 17.2 Å². The van der Waals surface area contributed by atoms with E-state index in [0.717, 1.165) is 11.1 Å². The second kappa shape index (κ2) is 5.45. The normalized spacial score (nSPS) is 11.9. The standard InChI is InChI=1S/C12H15NO4/c1-7-4-8(2)6-9(5-7)10(14)13-11(17-3)12(15)16/h4-6,11H,1-3H3,(H,13,14)(H,15,16)/t11-/m1/s1. The lowest BCUT2D eigenvalue weighted by molar-refractivity contribution is -0.149. The number of carbonyl (C=O) groups excluding carboxylic acids is 1. The van der Waals surface area contributed by atoms with Crippen LogP contribution in [0, 0.1) is 13.8 Å². The number of benzene rings is 1. The van der Waals surface area contributed by atoms with E-state index in [0.29, 0.717) is 5.56 Å². The van der Waals surface area contributed by atoms with Crippen LogP contribution < -0.4 is 5.32 Å². The summed E-state index contributed by atoms with van der Waals surface area (Å²) in [7, 11) is 1.22. The molecule has 0 aliphatic carbocycles. The van der Waals surface area contributed by atoms with Crippen LogP contribution in [0.3, 0.4) is 0 Å². The minimum absolute atomic E-state index is 0.422. The van der Waals surface area contributed by atoms with Crippen LogP contribution in [-0.4, -0.2) is 30.3 Å². The third kappa shape index (κ3) is 3.57. The molecule has 1 atom stereocenters. The van der Waals surface area contributed by atoms with Crippen molar-refractivity contribution in [3.05, 3.63) is 34.9 Å². The second-order valence-electron chi connectivity index (χ2n) is 3.80. The van der Waals surface area contributed by atoms with E-state index < -0.39 is 18.1 Å². The van der Waals surface area contributed by atoms with Crippen LogP contribution >= 0.6 is 0 Å². The van der Waals surface area contributed by atoms with Gasteiger partial charge in [0.15, 0.2) is 0 Å². The van der Waals surface area contributed by atoms with E-state index in [4.69, 9.17) is 5.11 Å². The van der Waals surface area contributed by atoms with E-state index in [-0.39, 0.29) is 0 Å². The highest BCUT2D eigenvalue weighted by atomic mass is 16.5. The number of rotatable bonds is 4. The summed E-state index contributed by atoms with van der Waals surface area (Å²) in [5, 5.41) is 11.0. The molecule has 0 heterocycles. The minimum atomic E-state index is -1.33. The summed E-state index contributed by atoms with van der Waals surface area (Å²) in [4.78, 5) is 22.5. The fourth-order valence-corrected chi connectivity index (χ4v) is 1.53. The van der Waals surface area contributed by atoms with Crippen molar-refractivity contribution in [2.75, 3.05) is 7.11 Å². The van der Waals surface area contributed by atoms with Crippen molar-refractivity contribution in [1.82, 2.24) is 5.32 Å². The minimum Gasteiger partial charge on any atom is -0.478 e. The zero-order valence-electron chi connectivity index (χ0n) is 9.98. The van der Waals surface area contributed by atoms with Crippen LogP contribution in [0.1, 0.15) is 21.5 Å². The van der Waals surface area contributed by atoms with Crippen molar-refractivity contribution >= 4 is 11.9 Å². The Bertz CT molecular complexity index is 422. The first kappa shape index (κ1) is 13.2. The lowest BCUT2D eigenvalue weighted by Crippen LogP contribution is -2.42. The van der Waals surface area contributed by atoms with E-state index in [1.54, 1.807) is 12.1 Å². The molecule has 1 aromatic rings. The zero-order chi connectivity index (χ0) is 13.0. The molecule has 0 saturated heterocycles. The summed E-state index contributed by atoms with van der Waals surface area (Å²) in [6, 6.07) is 5.32. The molecule has 17 heavy (non-hydrogen) atoms. The molecule has 0 spiro atoms. The molecule has 0 aliphatic rings. The molecule has 5 nitrogen and oxygen atoms in total. The van der Waals surface area contributed by atoms with Crippen LogP contribution in [-0.2, 0) is 9.53 Å². The SMILES string of the molecule is CO[C@@H](NC(=O)c1cc(C)cc(C)c1)C(=O)O. The van der Waals surface area contributed by atoms with Gasteiger partial charge in [-0.25, -0.2) is 4.79 Å². The monoisotopic (exact) mass is 237 g/mol. The molecule has 1 amide bonds. The maximum Gasteiger partial charge on any atom is 0.354 e. The number of carbonyl (C=O) groups is 2. The molecule has 5 heteroatoms.